The van der Waals surface area contributed by atoms with Crippen molar-refractivity contribution in [2.75, 3.05) is 20.3 Å². The van der Waals surface area contributed by atoms with Gasteiger partial charge in [0.05, 0.1) is 6.61 Å². The molecule has 4 N–H and O–H groups in total. The fraction of sp³-hybridized carbons (Fsp3) is 0.391. The number of nitrogens with zero attached hydrogens (tertiary/aromatic N) is 1. The lowest BCUT2D eigenvalue weighted by Gasteiger charge is -2.14. The van der Waals surface area contributed by atoms with Gasteiger partial charge in [-0.15, -0.1) is 0 Å². The summed E-state index contributed by atoms with van der Waals surface area (Å²) >= 11 is 0. The first kappa shape index (κ1) is 22.4. The van der Waals surface area contributed by atoms with Crippen LogP contribution in [0.2, 0.25) is 0 Å². The van der Waals surface area contributed by atoms with E-state index in [0.717, 1.165) is 28.9 Å². The Hall–Kier alpha value is -2.86. The van der Waals surface area contributed by atoms with Gasteiger partial charge >= 0.3 is 0 Å². The summed E-state index contributed by atoms with van der Waals surface area (Å²) in [6.45, 7) is 5.56. The van der Waals surface area contributed by atoms with Crippen LogP contribution in [0.25, 0.3) is 11.1 Å². The number of benzene rings is 2. The van der Waals surface area contributed by atoms with E-state index >= 15 is 0 Å². The van der Waals surface area contributed by atoms with E-state index in [1.165, 1.54) is 5.56 Å². The van der Waals surface area contributed by atoms with Crippen LogP contribution in [0, 0.1) is 0 Å². The number of carbonyl (C=O) groups excluding carboxylic acids is 1. The molecule has 0 spiro atoms. The summed E-state index contributed by atoms with van der Waals surface area (Å²) in [7, 11) is 1.68. The Morgan fingerprint density at radius 3 is 2.41 bits per heavy atom. The van der Waals surface area contributed by atoms with Gasteiger partial charge in [-0.2, -0.15) is 4.99 Å². The molecule has 0 atom stereocenters. The van der Waals surface area contributed by atoms with Crippen molar-refractivity contribution in [3.63, 3.8) is 0 Å². The highest BCUT2D eigenvalue weighted by atomic mass is 16.5. The average molecular weight is 398 g/mol. The molecule has 0 radical (unpaired) electrons. The van der Waals surface area contributed by atoms with E-state index in [9.17, 15) is 4.79 Å². The lowest BCUT2D eigenvalue weighted by atomic mass is 9.97. The molecule has 1 amide bonds. The SMILES string of the molecule is COCCCOc1cc(CCC(=O)N=C(N)N)ccc1-c1ccc(C(C)C)cc1. The summed E-state index contributed by atoms with van der Waals surface area (Å²) in [4.78, 5) is 15.3. The van der Waals surface area contributed by atoms with E-state index < -0.39 is 0 Å². The molecule has 2 rings (SSSR count). The van der Waals surface area contributed by atoms with Crippen LogP contribution in [0.15, 0.2) is 47.5 Å². The van der Waals surface area contributed by atoms with E-state index in [1.54, 1.807) is 7.11 Å². The summed E-state index contributed by atoms with van der Waals surface area (Å²) in [5.74, 6) is 0.738. The number of methoxy groups -OCH3 is 1. The molecule has 0 unspecified atom stereocenters. The topological polar surface area (TPSA) is 99.9 Å². The van der Waals surface area contributed by atoms with Crippen molar-refractivity contribution in [2.24, 2.45) is 16.5 Å². The van der Waals surface area contributed by atoms with Crippen molar-refractivity contribution in [3.8, 4) is 16.9 Å². The maximum Gasteiger partial charge on any atom is 0.249 e. The van der Waals surface area contributed by atoms with E-state index in [4.69, 9.17) is 20.9 Å². The molecule has 0 saturated heterocycles. The van der Waals surface area contributed by atoms with Crippen LogP contribution < -0.4 is 16.2 Å². The van der Waals surface area contributed by atoms with Crippen LogP contribution in [0.3, 0.4) is 0 Å². The number of aryl methyl sites for hydroxylation is 1. The largest absolute Gasteiger partial charge is 0.493 e. The predicted molar refractivity (Wildman–Crippen MR) is 117 cm³/mol. The van der Waals surface area contributed by atoms with Crippen LogP contribution in [-0.2, 0) is 16.0 Å². The van der Waals surface area contributed by atoms with Gasteiger partial charge in [-0.1, -0.05) is 50.2 Å². The summed E-state index contributed by atoms with van der Waals surface area (Å²) in [6, 6.07) is 14.6. The number of guanidine groups is 1. The Balaban J connectivity index is 2.22. The maximum absolute atomic E-state index is 11.7. The fourth-order valence-electron chi connectivity index (χ4n) is 2.96. The second kappa shape index (κ2) is 11.2. The third kappa shape index (κ3) is 7.23. The Morgan fingerprint density at radius 1 is 1.07 bits per heavy atom. The molecular formula is C23H31N3O3. The van der Waals surface area contributed by atoms with Gasteiger partial charge in [0.2, 0.25) is 5.91 Å². The highest BCUT2D eigenvalue weighted by molar-refractivity contribution is 5.91. The summed E-state index contributed by atoms with van der Waals surface area (Å²) in [6.07, 6.45) is 1.58. The van der Waals surface area contributed by atoms with Crippen LogP contribution in [0.1, 0.15) is 43.7 Å². The minimum absolute atomic E-state index is 0.211. The third-order valence-electron chi connectivity index (χ3n) is 4.57. The molecule has 0 fully saturated rings. The number of hydrogen-bond donors (Lipinski definition) is 2. The standard InChI is InChI=1S/C23H31N3O3/c1-16(2)18-7-9-19(10-8-18)20-11-5-17(6-12-22(27)26-23(24)25)15-21(20)29-14-4-13-28-3/h5,7-11,15-16H,4,6,12-14H2,1-3H3,(H4,24,25,26,27). The Bertz CT molecular complexity index is 826. The lowest BCUT2D eigenvalue weighted by molar-refractivity contribution is -0.117. The van der Waals surface area contributed by atoms with Crippen LogP contribution in [-0.4, -0.2) is 32.2 Å². The maximum atomic E-state index is 11.7. The smallest absolute Gasteiger partial charge is 0.249 e. The Labute approximate surface area is 172 Å². The second-order valence-electron chi connectivity index (χ2n) is 7.23. The van der Waals surface area contributed by atoms with Crippen molar-refractivity contribution in [3.05, 3.63) is 53.6 Å². The average Bonchev–Trinajstić information content (AvgIpc) is 2.69. The van der Waals surface area contributed by atoms with E-state index in [0.29, 0.717) is 25.6 Å². The molecule has 0 aliphatic heterocycles. The molecule has 6 nitrogen and oxygen atoms in total. The summed E-state index contributed by atoms with van der Waals surface area (Å²) in [5, 5.41) is 0. The van der Waals surface area contributed by atoms with Crippen molar-refractivity contribution in [1.82, 2.24) is 0 Å². The molecule has 0 aromatic heterocycles. The van der Waals surface area contributed by atoms with Gasteiger partial charge < -0.3 is 20.9 Å². The van der Waals surface area contributed by atoms with E-state index in [-0.39, 0.29) is 18.3 Å². The van der Waals surface area contributed by atoms with Crippen molar-refractivity contribution >= 4 is 11.9 Å². The number of hydrogen-bond acceptors (Lipinski definition) is 3. The van der Waals surface area contributed by atoms with Crippen LogP contribution >= 0.6 is 0 Å². The molecule has 0 heterocycles. The molecular weight excluding hydrogens is 366 g/mol. The number of carbonyl (C=O) groups is 1. The summed E-state index contributed by atoms with van der Waals surface area (Å²) in [5.41, 5.74) is 14.9. The van der Waals surface area contributed by atoms with Gasteiger partial charge in [-0.25, -0.2) is 0 Å². The zero-order valence-corrected chi connectivity index (χ0v) is 17.5. The molecule has 156 valence electrons. The lowest BCUT2D eigenvalue weighted by Crippen LogP contribution is -2.24. The minimum atomic E-state index is -0.332. The van der Waals surface area contributed by atoms with Crippen LogP contribution in [0.4, 0.5) is 0 Å². The second-order valence-corrected chi connectivity index (χ2v) is 7.23. The van der Waals surface area contributed by atoms with Gasteiger partial charge in [0.25, 0.3) is 0 Å². The van der Waals surface area contributed by atoms with Crippen molar-refractivity contribution in [2.45, 2.75) is 39.0 Å². The highest BCUT2D eigenvalue weighted by Gasteiger charge is 2.10. The number of ether oxygens (including phenoxy) is 2. The molecule has 2 aromatic rings. The molecule has 0 aliphatic rings. The minimum Gasteiger partial charge on any atom is -0.493 e. The van der Waals surface area contributed by atoms with Gasteiger partial charge in [-0.05, 0) is 35.1 Å². The third-order valence-corrected chi connectivity index (χ3v) is 4.57. The Morgan fingerprint density at radius 2 is 1.79 bits per heavy atom. The van der Waals surface area contributed by atoms with Crippen LogP contribution in [0.5, 0.6) is 5.75 Å². The van der Waals surface area contributed by atoms with E-state index in [2.05, 4.69) is 43.1 Å². The first-order chi connectivity index (χ1) is 13.9. The van der Waals surface area contributed by atoms with Gasteiger partial charge in [-0.3, -0.25) is 4.79 Å². The molecule has 0 bridgehead atoms. The first-order valence-corrected chi connectivity index (χ1v) is 9.88. The summed E-state index contributed by atoms with van der Waals surface area (Å²) < 4.78 is 11.2. The van der Waals surface area contributed by atoms with Crippen molar-refractivity contribution < 1.29 is 14.3 Å². The van der Waals surface area contributed by atoms with Gasteiger partial charge in [0.15, 0.2) is 5.96 Å². The molecule has 2 aromatic carbocycles. The van der Waals surface area contributed by atoms with Gasteiger partial charge in [0.1, 0.15) is 5.75 Å². The van der Waals surface area contributed by atoms with Gasteiger partial charge in [0, 0.05) is 32.1 Å². The normalized spacial score (nSPS) is 10.8. The number of nitrogens with two attached hydrogens (primary N) is 2. The molecule has 6 heteroatoms. The predicted octanol–water partition coefficient (Wildman–Crippen LogP) is 3.62. The molecule has 0 saturated carbocycles. The number of aliphatic imine (C=N–C) groups is 1. The number of rotatable bonds is 10. The highest BCUT2D eigenvalue weighted by Crippen LogP contribution is 2.32. The zero-order chi connectivity index (χ0) is 21.2. The zero-order valence-electron chi connectivity index (χ0n) is 17.5. The Kier molecular flexibility index (Phi) is 8.68. The molecule has 0 aliphatic carbocycles. The van der Waals surface area contributed by atoms with E-state index in [1.807, 2.05) is 18.2 Å². The molecule has 29 heavy (non-hydrogen) atoms. The van der Waals surface area contributed by atoms with Crippen molar-refractivity contribution in [1.29, 1.82) is 0 Å². The fourth-order valence-corrected chi connectivity index (χ4v) is 2.96. The number of amides is 1. The quantitative estimate of drug-likeness (QED) is 0.362. The monoisotopic (exact) mass is 397 g/mol. The first-order valence-electron chi connectivity index (χ1n) is 9.88.